The van der Waals surface area contributed by atoms with Crippen LogP contribution in [0.25, 0.3) is 17.2 Å². The van der Waals surface area contributed by atoms with Gasteiger partial charge >= 0.3 is 0 Å². The largest absolute Gasteiger partial charge is 0.490 e. The third-order valence-corrected chi connectivity index (χ3v) is 3.89. The van der Waals surface area contributed by atoms with E-state index >= 15 is 0 Å². The molecule has 0 saturated heterocycles. The van der Waals surface area contributed by atoms with Crippen molar-refractivity contribution >= 4 is 6.08 Å². The average Bonchev–Trinajstić information content (AvgIpc) is 3.00. The Hall–Kier alpha value is -2.02. The lowest BCUT2D eigenvalue weighted by Crippen LogP contribution is -2.10. The van der Waals surface area contributed by atoms with Crippen molar-refractivity contribution in [2.45, 2.75) is 31.8 Å². The first-order valence-electron chi connectivity index (χ1n) is 7.35. The van der Waals surface area contributed by atoms with Crippen molar-refractivity contribution in [3.63, 3.8) is 0 Å². The maximum absolute atomic E-state index is 6.07. The van der Waals surface area contributed by atoms with Gasteiger partial charge in [-0.3, -0.25) is 0 Å². The standard InChI is InChI=1S/C19H20O/c1-2-15-7-5-8-16(13-15)17-9-6-12-19(14-17)20-18-10-3-4-11-18/h2,5-9,12-14,18H,1,3-4,10-11H2. The first kappa shape index (κ1) is 13.0. The molecule has 0 atom stereocenters. The fraction of sp³-hybridized carbons (Fsp3) is 0.263. The minimum atomic E-state index is 0.407. The van der Waals surface area contributed by atoms with Crippen LogP contribution in [0.2, 0.25) is 0 Å². The third-order valence-electron chi connectivity index (χ3n) is 3.89. The van der Waals surface area contributed by atoms with Gasteiger partial charge in [-0.25, -0.2) is 0 Å². The smallest absolute Gasteiger partial charge is 0.120 e. The predicted octanol–water partition coefficient (Wildman–Crippen LogP) is 5.32. The van der Waals surface area contributed by atoms with E-state index in [-0.39, 0.29) is 0 Å². The topological polar surface area (TPSA) is 9.23 Å². The van der Waals surface area contributed by atoms with Gasteiger partial charge in [0.25, 0.3) is 0 Å². The summed E-state index contributed by atoms with van der Waals surface area (Å²) in [4.78, 5) is 0. The summed E-state index contributed by atoms with van der Waals surface area (Å²) in [6.45, 7) is 3.83. The van der Waals surface area contributed by atoms with Gasteiger partial charge < -0.3 is 4.74 Å². The molecule has 1 aliphatic rings. The molecule has 2 aromatic carbocycles. The monoisotopic (exact) mass is 264 g/mol. The second-order valence-electron chi connectivity index (χ2n) is 5.38. The van der Waals surface area contributed by atoms with Crippen molar-refractivity contribution < 1.29 is 4.74 Å². The lowest BCUT2D eigenvalue weighted by Gasteiger charge is -2.14. The summed E-state index contributed by atoms with van der Waals surface area (Å²) in [5, 5.41) is 0. The molecular weight excluding hydrogens is 244 g/mol. The van der Waals surface area contributed by atoms with Crippen LogP contribution in [0, 0.1) is 0 Å². The maximum Gasteiger partial charge on any atom is 0.120 e. The average molecular weight is 264 g/mol. The number of hydrogen-bond donors (Lipinski definition) is 0. The number of benzene rings is 2. The van der Waals surface area contributed by atoms with E-state index in [0.29, 0.717) is 6.10 Å². The molecule has 1 nitrogen and oxygen atoms in total. The van der Waals surface area contributed by atoms with Crippen molar-refractivity contribution in [2.24, 2.45) is 0 Å². The summed E-state index contributed by atoms with van der Waals surface area (Å²) in [7, 11) is 0. The molecule has 0 unspecified atom stereocenters. The summed E-state index contributed by atoms with van der Waals surface area (Å²) in [6.07, 6.45) is 7.26. The van der Waals surface area contributed by atoms with Crippen LogP contribution in [0.3, 0.4) is 0 Å². The number of hydrogen-bond acceptors (Lipinski definition) is 1. The highest BCUT2D eigenvalue weighted by molar-refractivity contribution is 5.68. The van der Waals surface area contributed by atoms with Crippen LogP contribution in [-0.4, -0.2) is 6.10 Å². The van der Waals surface area contributed by atoms with Crippen molar-refractivity contribution in [3.8, 4) is 16.9 Å². The summed E-state index contributed by atoms with van der Waals surface area (Å²) < 4.78 is 6.07. The Morgan fingerprint density at radius 3 is 2.40 bits per heavy atom. The van der Waals surface area contributed by atoms with Crippen LogP contribution >= 0.6 is 0 Å². The van der Waals surface area contributed by atoms with Gasteiger partial charge in [-0.1, -0.05) is 43.0 Å². The van der Waals surface area contributed by atoms with Crippen LogP contribution in [0.1, 0.15) is 31.2 Å². The van der Waals surface area contributed by atoms with Crippen LogP contribution < -0.4 is 4.74 Å². The van der Waals surface area contributed by atoms with Crippen molar-refractivity contribution in [3.05, 3.63) is 60.7 Å². The summed E-state index contributed by atoms with van der Waals surface area (Å²) in [5.41, 5.74) is 3.55. The molecule has 1 saturated carbocycles. The van der Waals surface area contributed by atoms with Crippen LogP contribution in [0.15, 0.2) is 55.1 Å². The van der Waals surface area contributed by atoms with Gasteiger partial charge in [-0.15, -0.1) is 0 Å². The number of ether oxygens (including phenoxy) is 1. The quantitative estimate of drug-likeness (QED) is 0.726. The van der Waals surface area contributed by atoms with Crippen molar-refractivity contribution in [1.29, 1.82) is 0 Å². The van der Waals surface area contributed by atoms with Gasteiger partial charge in [0, 0.05) is 0 Å². The fourth-order valence-corrected chi connectivity index (χ4v) is 2.79. The first-order chi connectivity index (χ1) is 9.85. The lowest BCUT2D eigenvalue weighted by atomic mass is 10.0. The highest BCUT2D eigenvalue weighted by Crippen LogP contribution is 2.28. The minimum absolute atomic E-state index is 0.407. The fourth-order valence-electron chi connectivity index (χ4n) is 2.79. The molecule has 102 valence electrons. The Kier molecular flexibility index (Phi) is 3.87. The Morgan fingerprint density at radius 2 is 1.65 bits per heavy atom. The second-order valence-corrected chi connectivity index (χ2v) is 5.38. The van der Waals surface area contributed by atoms with Gasteiger partial charge in [0.15, 0.2) is 0 Å². The molecule has 0 radical (unpaired) electrons. The molecule has 0 spiro atoms. The van der Waals surface area contributed by atoms with Crippen LogP contribution in [0.4, 0.5) is 0 Å². The zero-order chi connectivity index (χ0) is 13.8. The van der Waals surface area contributed by atoms with E-state index < -0.39 is 0 Å². The molecule has 0 heterocycles. The van der Waals surface area contributed by atoms with Crippen molar-refractivity contribution in [2.75, 3.05) is 0 Å². The van der Waals surface area contributed by atoms with E-state index in [1.54, 1.807) is 0 Å². The minimum Gasteiger partial charge on any atom is -0.490 e. The Labute approximate surface area is 120 Å². The van der Waals surface area contributed by atoms with E-state index in [4.69, 9.17) is 4.74 Å². The maximum atomic E-state index is 6.07. The number of rotatable bonds is 4. The van der Waals surface area contributed by atoms with Gasteiger partial charge in [0.05, 0.1) is 6.10 Å². The van der Waals surface area contributed by atoms with E-state index in [0.717, 1.165) is 11.3 Å². The first-order valence-corrected chi connectivity index (χ1v) is 7.35. The predicted molar refractivity (Wildman–Crippen MR) is 84.9 cm³/mol. The van der Waals surface area contributed by atoms with Gasteiger partial charge in [0.2, 0.25) is 0 Å². The molecule has 0 bridgehead atoms. The normalized spacial score (nSPS) is 15.2. The highest BCUT2D eigenvalue weighted by atomic mass is 16.5. The van der Waals surface area contributed by atoms with E-state index in [1.165, 1.54) is 36.8 Å². The van der Waals surface area contributed by atoms with Gasteiger partial charge in [-0.05, 0) is 60.6 Å². The summed E-state index contributed by atoms with van der Waals surface area (Å²) in [5.74, 6) is 0.985. The van der Waals surface area contributed by atoms with E-state index in [2.05, 4.69) is 55.1 Å². The molecule has 1 fully saturated rings. The van der Waals surface area contributed by atoms with Gasteiger partial charge in [0.1, 0.15) is 5.75 Å². The molecule has 1 aliphatic carbocycles. The molecule has 2 aromatic rings. The van der Waals surface area contributed by atoms with E-state index in [1.807, 2.05) is 6.08 Å². The Morgan fingerprint density at radius 1 is 0.950 bits per heavy atom. The highest BCUT2D eigenvalue weighted by Gasteiger charge is 2.16. The zero-order valence-electron chi connectivity index (χ0n) is 11.7. The molecule has 20 heavy (non-hydrogen) atoms. The lowest BCUT2D eigenvalue weighted by molar-refractivity contribution is 0.210. The molecular formula is C19H20O. The Balaban J connectivity index is 1.84. The molecule has 3 rings (SSSR count). The van der Waals surface area contributed by atoms with E-state index in [9.17, 15) is 0 Å². The summed E-state index contributed by atoms with van der Waals surface area (Å²) >= 11 is 0. The zero-order valence-corrected chi connectivity index (χ0v) is 11.7. The second kappa shape index (κ2) is 5.96. The third kappa shape index (κ3) is 2.93. The summed E-state index contributed by atoms with van der Waals surface area (Å²) in [6, 6.07) is 16.8. The van der Waals surface area contributed by atoms with Crippen LogP contribution in [0.5, 0.6) is 5.75 Å². The SMILES string of the molecule is C=Cc1cccc(-c2cccc(OC3CCCC3)c2)c1. The molecule has 0 aliphatic heterocycles. The molecule has 0 N–H and O–H groups in total. The molecule has 1 heteroatoms. The van der Waals surface area contributed by atoms with Crippen LogP contribution in [-0.2, 0) is 0 Å². The van der Waals surface area contributed by atoms with Gasteiger partial charge in [-0.2, -0.15) is 0 Å². The Bertz CT molecular complexity index is 594. The molecule has 0 amide bonds. The van der Waals surface area contributed by atoms with Crippen molar-refractivity contribution in [1.82, 2.24) is 0 Å². The molecule has 0 aromatic heterocycles.